The Labute approximate surface area is 89.9 Å². The zero-order chi connectivity index (χ0) is 11.0. The molecule has 2 atom stereocenters. The normalized spacial score (nSPS) is 17.8. The summed E-state index contributed by atoms with van der Waals surface area (Å²) in [5, 5.41) is 7.24. The van der Waals surface area contributed by atoms with Crippen LogP contribution in [0.3, 0.4) is 0 Å². The average molecular weight is 200 g/mol. The van der Waals surface area contributed by atoms with Crippen LogP contribution in [0.2, 0.25) is 0 Å². The second kappa shape index (κ2) is 8.25. The topological polar surface area (TPSA) is 24.1 Å². The molecule has 2 heteroatoms. The molecule has 0 aliphatic rings. The first-order valence-corrected chi connectivity index (χ1v) is 6.16. The summed E-state index contributed by atoms with van der Waals surface area (Å²) in [6, 6.07) is 1.23. The Bertz CT molecular complexity index is 113. The van der Waals surface area contributed by atoms with Crippen LogP contribution in [0.15, 0.2) is 0 Å². The number of hydrogen-bond acceptors (Lipinski definition) is 2. The molecule has 2 nitrogen and oxygen atoms in total. The summed E-state index contributed by atoms with van der Waals surface area (Å²) in [7, 11) is 0. The van der Waals surface area contributed by atoms with E-state index in [1.165, 1.54) is 25.7 Å². The molecule has 0 aromatic heterocycles. The van der Waals surface area contributed by atoms with Crippen molar-refractivity contribution in [1.29, 1.82) is 0 Å². The van der Waals surface area contributed by atoms with Gasteiger partial charge in [-0.3, -0.25) is 10.6 Å². The molecule has 0 saturated carbocycles. The summed E-state index contributed by atoms with van der Waals surface area (Å²) in [5.74, 6) is 0. The van der Waals surface area contributed by atoms with E-state index in [0.29, 0.717) is 18.2 Å². The molecular weight excluding hydrogens is 172 g/mol. The lowest BCUT2D eigenvalue weighted by Gasteiger charge is -2.26. The molecule has 0 heterocycles. The Balaban J connectivity index is 3.88. The van der Waals surface area contributed by atoms with E-state index < -0.39 is 0 Å². The molecule has 0 bridgehead atoms. The molecule has 0 saturated heterocycles. The van der Waals surface area contributed by atoms with E-state index in [1.807, 2.05) is 0 Å². The summed E-state index contributed by atoms with van der Waals surface area (Å²) < 4.78 is 0. The fourth-order valence-electron chi connectivity index (χ4n) is 1.43. The number of nitrogens with one attached hydrogen (secondary N) is 2. The third-order valence-electron chi connectivity index (χ3n) is 2.77. The molecule has 0 fully saturated rings. The maximum atomic E-state index is 3.62. The molecule has 0 aromatic rings. The minimum atomic E-state index is 0.491. The molecular formula is C12H28N2. The van der Waals surface area contributed by atoms with Gasteiger partial charge in [-0.15, -0.1) is 0 Å². The van der Waals surface area contributed by atoms with E-state index in [2.05, 4.69) is 45.3 Å². The summed E-state index contributed by atoms with van der Waals surface area (Å²) >= 11 is 0. The third kappa shape index (κ3) is 6.39. The third-order valence-corrected chi connectivity index (χ3v) is 2.77. The number of hydrogen-bond donors (Lipinski definition) is 2. The van der Waals surface area contributed by atoms with Gasteiger partial charge in [-0.25, -0.2) is 0 Å². The van der Waals surface area contributed by atoms with Crippen LogP contribution >= 0.6 is 0 Å². The highest BCUT2D eigenvalue weighted by atomic mass is 15.1. The fraction of sp³-hybridized carbons (Fsp3) is 1.00. The van der Waals surface area contributed by atoms with Crippen molar-refractivity contribution >= 4 is 0 Å². The predicted molar refractivity (Wildman–Crippen MR) is 64.5 cm³/mol. The van der Waals surface area contributed by atoms with Crippen LogP contribution in [-0.4, -0.2) is 18.2 Å². The Hall–Kier alpha value is -0.0800. The van der Waals surface area contributed by atoms with Gasteiger partial charge in [0.15, 0.2) is 0 Å². The summed E-state index contributed by atoms with van der Waals surface area (Å²) in [4.78, 5) is 0. The molecule has 0 aliphatic carbocycles. The van der Waals surface area contributed by atoms with Crippen molar-refractivity contribution < 1.29 is 0 Å². The lowest BCUT2D eigenvalue weighted by molar-refractivity contribution is 0.323. The van der Waals surface area contributed by atoms with Crippen molar-refractivity contribution in [2.24, 2.45) is 0 Å². The van der Waals surface area contributed by atoms with Crippen molar-refractivity contribution in [2.75, 3.05) is 0 Å². The predicted octanol–water partition coefficient (Wildman–Crippen LogP) is 2.89. The maximum Gasteiger partial charge on any atom is 0.0575 e. The second-order valence-electron chi connectivity index (χ2n) is 4.29. The maximum absolute atomic E-state index is 3.62. The van der Waals surface area contributed by atoms with Gasteiger partial charge in [-0.1, -0.05) is 27.2 Å². The number of rotatable bonds is 8. The van der Waals surface area contributed by atoms with Crippen molar-refractivity contribution in [3.8, 4) is 0 Å². The highest BCUT2D eigenvalue weighted by Crippen LogP contribution is 2.00. The zero-order valence-electron chi connectivity index (χ0n) is 10.6. The van der Waals surface area contributed by atoms with Gasteiger partial charge in [-0.05, 0) is 33.1 Å². The molecule has 0 spiro atoms. The van der Waals surface area contributed by atoms with E-state index in [4.69, 9.17) is 0 Å². The monoisotopic (exact) mass is 200 g/mol. The van der Waals surface area contributed by atoms with Gasteiger partial charge >= 0.3 is 0 Å². The minimum absolute atomic E-state index is 0.491. The van der Waals surface area contributed by atoms with Gasteiger partial charge in [0.25, 0.3) is 0 Å². The largest absolute Gasteiger partial charge is 0.299 e. The molecule has 14 heavy (non-hydrogen) atoms. The SMILES string of the molecule is CCCC(NC(C)CC)NC(C)CC. The molecule has 0 aromatic carbocycles. The molecule has 0 rings (SSSR count). The van der Waals surface area contributed by atoms with Gasteiger partial charge in [-0.2, -0.15) is 0 Å². The zero-order valence-corrected chi connectivity index (χ0v) is 10.6. The van der Waals surface area contributed by atoms with E-state index in [1.54, 1.807) is 0 Å². The van der Waals surface area contributed by atoms with Crippen LogP contribution in [0.4, 0.5) is 0 Å². The molecule has 2 unspecified atom stereocenters. The van der Waals surface area contributed by atoms with Crippen LogP contribution in [-0.2, 0) is 0 Å². The van der Waals surface area contributed by atoms with E-state index in [9.17, 15) is 0 Å². The Morgan fingerprint density at radius 2 is 1.29 bits per heavy atom. The van der Waals surface area contributed by atoms with Gasteiger partial charge in [0.05, 0.1) is 6.17 Å². The van der Waals surface area contributed by atoms with Crippen molar-refractivity contribution in [2.45, 2.75) is 78.6 Å². The Morgan fingerprint density at radius 3 is 1.57 bits per heavy atom. The Morgan fingerprint density at radius 1 is 0.857 bits per heavy atom. The van der Waals surface area contributed by atoms with Crippen molar-refractivity contribution in [1.82, 2.24) is 10.6 Å². The summed E-state index contributed by atoms with van der Waals surface area (Å²) in [5.41, 5.74) is 0. The van der Waals surface area contributed by atoms with Crippen LogP contribution in [0, 0.1) is 0 Å². The summed E-state index contributed by atoms with van der Waals surface area (Å²) in [6.45, 7) is 11.2. The molecule has 2 N–H and O–H groups in total. The lowest BCUT2D eigenvalue weighted by Crippen LogP contribution is -2.49. The minimum Gasteiger partial charge on any atom is -0.299 e. The van der Waals surface area contributed by atoms with Gasteiger partial charge in [0.1, 0.15) is 0 Å². The first-order valence-electron chi connectivity index (χ1n) is 6.16. The standard InChI is InChI=1S/C12H28N2/c1-6-9-12(13-10(4)7-2)14-11(5)8-3/h10-14H,6-9H2,1-5H3. The highest BCUT2D eigenvalue weighted by Gasteiger charge is 2.11. The highest BCUT2D eigenvalue weighted by molar-refractivity contribution is 4.71. The van der Waals surface area contributed by atoms with Gasteiger partial charge in [0, 0.05) is 12.1 Å². The van der Waals surface area contributed by atoms with E-state index in [0.717, 1.165) is 0 Å². The first kappa shape index (κ1) is 13.9. The molecule has 0 amide bonds. The van der Waals surface area contributed by atoms with E-state index in [-0.39, 0.29) is 0 Å². The van der Waals surface area contributed by atoms with E-state index >= 15 is 0 Å². The van der Waals surface area contributed by atoms with Gasteiger partial charge in [0.2, 0.25) is 0 Å². The van der Waals surface area contributed by atoms with Crippen LogP contribution in [0.5, 0.6) is 0 Å². The van der Waals surface area contributed by atoms with Gasteiger partial charge < -0.3 is 0 Å². The molecule has 0 aliphatic heterocycles. The van der Waals surface area contributed by atoms with Crippen LogP contribution < -0.4 is 10.6 Å². The molecule has 86 valence electrons. The molecule has 0 radical (unpaired) electrons. The van der Waals surface area contributed by atoms with Crippen LogP contribution in [0.1, 0.15) is 60.3 Å². The quantitative estimate of drug-likeness (QED) is 0.589. The fourth-order valence-corrected chi connectivity index (χ4v) is 1.43. The Kier molecular flexibility index (Phi) is 8.20. The first-order chi connectivity index (χ1) is 6.63. The summed E-state index contributed by atoms with van der Waals surface area (Å²) in [6.07, 6.45) is 5.33. The lowest BCUT2D eigenvalue weighted by atomic mass is 10.2. The van der Waals surface area contributed by atoms with Crippen molar-refractivity contribution in [3.05, 3.63) is 0 Å². The van der Waals surface area contributed by atoms with Crippen molar-refractivity contribution in [3.63, 3.8) is 0 Å². The average Bonchev–Trinajstić information content (AvgIpc) is 2.17. The smallest absolute Gasteiger partial charge is 0.0575 e. The second-order valence-corrected chi connectivity index (χ2v) is 4.29. The van der Waals surface area contributed by atoms with Crippen LogP contribution in [0.25, 0.3) is 0 Å².